The van der Waals surface area contributed by atoms with E-state index >= 15 is 0 Å². The van der Waals surface area contributed by atoms with Gasteiger partial charge in [-0.2, -0.15) is 4.99 Å². The molecule has 0 saturated heterocycles. The average Bonchev–Trinajstić information content (AvgIpc) is 2.93. The van der Waals surface area contributed by atoms with Crippen molar-refractivity contribution >= 4 is 29.8 Å². The Morgan fingerprint density at radius 1 is 1.37 bits per heavy atom. The minimum absolute atomic E-state index is 0.0449. The smallest absolute Gasteiger partial charge is 0.278 e. The molecule has 11 heteroatoms. The van der Waals surface area contributed by atoms with Crippen LogP contribution >= 0.6 is 0 Å². The number of aliphatic imine (C=N–C) groups is 2. The van der Waals surface area contributed by atoms with Crippen molar-refractivity contribution in [1.29, 1.82) is 0 Å². The van der Waals surface area contributed by atoms with Crippen molar-refractivity contribution in [2.75, 3.05) is 0 Å². The molecule has 0 radical (unpaired) electrons. The normalized spacial score (nSPS) is 21.8. The molecule has 1 aromatic heterocycles. The fourth-order valence-electron chi connectivity index (χ4n) is 1.16. The third-order valence-electron chi connectivity index (χ3n) is 2.09. The van der Waals surface area contributed by atoms with E-state index in [0.717, 1.165) is 6.21 Å². The third kappa shape index (κ3) is 2.35. The van der Waals surface area contributed by atoms with E-state index in [-0.39, 0.29) is 17.5 Å². The highest BCUT2D eigenvalue weighted by molar-refractivity contribution is 6.09. The second kappa shape index (κ2) is 4.38. The van der Waals surface area contributed by atoms with Crippen molar-refractivity contribution in [3.8, 4) is 0 Å². The molecule has 1 aliphatic rings. The number of carbonyl (C=O) groups is 2. The molecule has 0 bridgehead atoms. The molecule has 0 aromatic carbocycles. The summed E-state index contributed by atoms with van der Waals surface area (Å²) in [6, 6.07) is 0. The van der Waals surface area contributed by atoms with Crippen molar-refractivity contribution in [2.24, 2.45) is 31.7 Å². The number of primary amides is 2. The van der Waals surface area contributed by atoms with Gasteiger partial charge in [-0.05, 0) is 0 Å². The lowest BCUT2D eigenvalue weighted by Crippen LogP contribution is -2.42. The summed E-state index contributed by atoms with van der Waals surface area (Å²) in [5.74, 6) is -2.23. The molecule has 0 spiro atoms. The maximum atomic E-state index is 11.0. The van der Waals surface area contributed by atoms with Gasteiger partial charge in [0.25, 0.3) is 23.5 Å². The van der Waals surface area contributed by atoms with Crippen LogP contribution in [0.15, 0.2) is 26.5 Å². The van der Waals surface area contributed by atoms with Gasteiger partial charge in [0.2, 0.25) is 5.82 Å². The number of hydrogen-bond donors (Lipinski definition) is 4. The highest BCUT2D eigenvalue weighted by Crippen LogP contribution is 2.16. The predicted molar refractivity (Wildman–Crippen MR) is 61.7 cm³/mol. The van der Waals surface area contributed by atoms with Crippen molar-refractivity contribution in [3.05, 3.63) is 12.0 Å². The zero-order valence-corrected chi connectivity index (χ0v) is 9.31. The zero-order chi connectivity index (χ0) is 14.0. The average molecular weight is 264 g/mol. The van der Waals surface area contributed by atoms with Crippen molar-refractivity contribution in [3.63, 3.8) is 0 Å². The van der Waals surface area contributed by atoms with Crippen LogP contribution in [0.25, 0.3) is 0 Å². The Bertz CT molecular complexity index is 630. The summed E-state index contributed by atoms with van der Waals surface area (Å²) in [6.45, 7) is 0. The van der Waals surface area contributed by atoms with Crippen LogP contribution in [0.3, 0.4) is 0 Å². The maximum absolute atomic E-state index is 11.0. The van der Waals surface area contributed by atoms with Crippen LogP contribution in [-0.2, 0) is 4.79 Å². The summed E-state index contributed by atoms with van der Waals surface area (Å²) in [7, 11) is 0. The quantitative estimate of drug-likeness (QED) is 0.470. The van der Waals surface area contributed by atoms with Crippen LogP contribution < -0.4 is 11.5 Å². The molecular weight excluding hydrogens is 256 g/mol. The second-order valence-electron chi connectivity index (χ2n) is 3.43. The molecule has 2 heterocycles. The number of rotatable bonds is 3. The number of nitrogens with two attached hydrogens (primary N) is 2. The number of amides is 2. The van der Waals surface area contributed by atoms with E-state index in [1.807, 2.05) is 0 Å². The number of aromatic amines is 1. The summed E-state index contributed by atoms with van der Waals surface area (Å²) >= 11 is 0. The molecular formula is C8H8N8O3. The van der Waals surface area contributed by atoms with E-state index in [4.69, 9.17) is 11.5 Å². The first kappa shape index (κ1) is 12.5. The summed E-state index contributed by atoms with van der Waals surface area (Å²) in [5, 5.41) is 16.6. The Balaban J connectivity index is 2.22. The molecule has 0 aliphatic carbocycles. The first-order chi connectivity index (χ1) is 8.92. The number of aromatic nitrogens is 2. The van der Waals surface area contributed by atoms with Crippen LogP contribution in [-0.4, -0.2) is 44.8 Å². The summed E-state index contributed by atoms with van der Waals surface area (Å²) < 4.78 is 0. The minimum atomic E-state index is -2.23. The molecule has 1 unspecified atom stereocenters. The standard InChI is InChI=1S/C8H8N8O3/c9-4(17)3-5(13-2-12-3)15-16-7-11-1-8(19,14-7)6(10)18/h1-2,19H,(H2,9,17)(H2,10,18)(H,12,13). The number of imidazole rings is 1. The summed E-state index contributed by atoms with van der Waals surface area (Å²) in [4.78, 5) is 35.0. The van der Waals surface area contributed by atoms with Gasteiger partial charge in [0.15, 0.2) is 5.69 Å². The van der Waals surface area contributed by atoms with Gasteiger partial charge in [-0.25, -0.2) is 9.98 Å². The highest BCUT2D eigenvalue weighted by Gasteiger charge is 2.35. The van der Waals surface area contributed by atoms with E-state index in [1.54, 1.807) is 0 Å². The van der Waals surface area contributed by atoms with E-state index < -0.39 is 17.5 Å². The Hall–Kier alpha value is -2.95. The molecule has 0 fully saturated rings. The fourth-order valence-corrected chi connectivity index (χ4v) is 1.16. The first-order valence-corrected chi connectivity index (χ1v) is 4.84. The van der Waals surface area contributed by atoms with Gasteiger partial charge in [0, 0.05) is 0 Å². The number of nitrogens with zero attached hydrogens (tertiary/aromatic N) is 5. The van der Waals surface area contributed by atoms with E-state index in [0.29, 0.717) is 0 Å². The van der Waals surface area contributed by atoms with Gasteiger partial charge in [-0.15, -0.1) is 10.2 Å². The maximum Gasteiger partial charge on any atom is 0.278 e. The van der Waals surface area contributed by atoms with Crippen LogP contribution in [0.1, 0.15) is 10.5 Å². The molecule has 98 valence electrons. The van der Waals surface area contributed by atoms with Crippen LogP contribution in [0.4, 0.5) is 5.82 Å². The van der Waals surface area contributed by atoms with Gasteiger partial charge in [-0.1, -0.05) is 0 Å². The monoisotopic (exact) mass is 264 g/mol. The number of carbonyl (C=O) groups excluding carboxylic acids is 2. The number of nitrogens with one attached hydrogen (secondary N) is 1. The highest BCUT2D eigenvalue weighted by atomic mass is 16.3. The second-order valence-corrected chi connectivity index (χ2v) is 3.43. The van der Waals surface area contributed by atoms with Crippen LogP contribution in [0, 0.1) is 0 Å². The Labute approximate surface area is 105 Å². The predicted octanol–water partition coefficient (Wildman–Crippen LogP) is -1.79. The van der Waals surface area contributed by atoms with Gasteiger partial charge >= 0.3 is 0 Å². The van der Waals surface area contributed by atoms with Gasteiger partial charge in [0.1, 0.15) is 0 Å². The van der Waals surface area contributed by atoms with E-state index in [1.165, 1.54) is 6.33 Å². The lowest BCUT2D eigenvalue weighted by Gasteiger charge is -2.08. The fraction of sp³-hybridized carbons (Fsp3) is 0.125. The molecule has 2 amide bonds. The number of azo groups is 1. The molecule has 19 heavy (non-hydrogen) atoms. The summed E-state index contributed by atoms with van der Waals surface area (Å²) in [6.07, 6.45) is 2.02. The largest absolute Gasteiger partial charge is 0.365 e. The summed E-state index contributed by atoms with van der Waals surface area (Å²) in [5.41, 5.74) is 7.69. The van der Waals surface area contributed by atoms with Crippen LogP contribution in [0.5, 0.6) is 0 Å². The topological polar surface area (TPSA) is 185 Å². The molecule has 6 N–H and O–H groups in total. The molecule has 11 nitrogen and oxygen atoms in total. The third-order valence-corrected chi connectivity index (χ3v) is 2.09. The minimum Gasteiger partial charge on any atom is -0.365 e. The van der Waals surface area contributed by atoms with Crippen molar-refractivity contribution < 1.29 is 14.7 Å². The van der Waals surface area contributed by atoms with Gasteiger partial charge < -0.3 is 21.6 Å². The number of aliphatic hydroxyl groups is 1. The molecule has 1 atom stereocenters. The van der Waals surface area contributed by atoms with E-state index in [9.17, 15) is 14.7 Å². The number of guanidine groups is 1. The van der Waals surface area contributed by atoms with Crippen molar-refractivity contribution in [2.45, 2.75) is 5.72 Å². The van der Waals surface area contributed by atoms with Crippen molar-refractivity contribution in [1.82, 2.24) is 9.97 Å². The Morgan fingerprint density at radius 2 is 2.11 bits per heavy atom. The molecule has 1 aromatic rings. The van der Waals surface area contributed by atoms with Gasteiger partial charge in [-0.3, -0.25) is 9.59 Å². The number of hydrogen-bond acceptors (Lipinski definition) is 8. The molecule has 1 aliphatic heterocycles. The lowest BCUT2D eigenvalue weighted by molar-refractivity contribution is -0.129. The first-order valence-electron chi connectivity index (χ1n) is 4.84. The number of H-pyrrole nitrogens is 1. The molecule has 0 saturated carbocycles. The van der Waals surface area contributed by atoms with E-state index in [2.05, 4.69) is 30.2 Å². The lowest BCUT2D eigenvalue weighted by atomic mass is 10.2. The van der Waals surface area contributed by atoms with Crippen LogP contribution in [0.2, 0.25) is 0 Å². The SMILES string of the molecule is NC(=O)c1[nH]cnc1N=NC1=NC(O)(C(N)=O)C=N1. The zero-order valence-electron chi connectivity index (χ0n) is 9.31. The Morgan fingerprint density at radius 3 is 2.68 bits per heavy atom. The Kier molecular flexibility index (Phi) is 2.88. The van der Waals surface area contributed by atoms with Gasteiger partial charge in [0.05, 0.1) is 12.5 Å². The molecule has 2 rings (SSSR count).